The Bertz CT molecular complexity index is 1020. The van der Waals surface area contributed by atoms with Gasteiger partial charge in [-0.3, -0.25) is 0 Å². The molecule has 1 heterocycles. The molecule has 0 saturated heterocycles. The van der Waals surface area contributed by atoms with Gasteiger partial charge in [0.1, 0.15) is 6.54 Å². The molecule has 4 heteroatoms. The molecule has 3 rings (SSSR count). The van der Waals surface area contributed by atoms with Gasteiger partial charge in [-0.15, -0.1) is 0 Å². The van der Waals surface area contributed by atoms with Gasteiger partial charge in [0, 0.05) is 57.8 Å². The summed E-state index contributed by atoms with van der Waals surface area (Å²) >= 11 is 0. The summed E-state index contributed by atoms with van der Waals surface area (Å²) in [4.78, 5) is 4.23. The van der Waals surface area contributed by atoms with Gasteiger partial charge >= 0.3 is 0 Å². The molecule has 0 bridgehead atoms. The number of nitrogens with zero attached hydrogens (tertiary/aromatic N) is 3. The minimum atomic E-state index is 0. The Morgan fingerprint density at radius 1 is 0.645 bits per heavy atom. The zero-order valence-electron chi connectivity index (χ0n) is 19.1. The summed E-state index contributed by atoms with van der Waals surface area (Å²) in [5.74, 6) is 0. The summed E-state index contributed by atoms with van der Waals surface area (Å²) in [7, 11) is 8.24. The lowest BCUT2D eigenvalue weighted by Crippen LogP contribution is -3.00. The minimum absolute atomic E-state index is 0. The molecule has 3 aromatic rings. The minimum Gasteiger partial charge on any atom is -1.00 e. The first kappa shape index (κ1) is 24.7. The number of anilines is 2. The molecule has 0 radical (unpaired) electrons. The Morgan fingerprint density at radius 2 is 1.10 bits per heavy atom. The van der Waals surface area contributed by atoms with E-state index in [1.807, 2.05) is 0 Å². The monoisotopic (exact) mass is 525 g/mol. The van der Waals surface area contributed by atoms with E-state index in [0.29, 0.717) is 0 Å². The lowest BCUT2D eigenvalue weighted by atomic mass is 10.1. The topological polar surface area (TPSA) is 10.4 Å². The van der Waals surface area contributed by atoms with Crippen molar-refractivity contribution in [2.24, 2.45) is 0 Å². The van der Waals surface area contributed by atoms with Crippen LogP contribution in [0.25, 0.3) is 24.3 Å². The van der Waals surface area contributed by atoms with Crippen LogP contribution in [0.1, 0.15) is 29.3 Å². The van der Waals surface area contributed by atoms with Crippen LogP contribution in [0, 0.1) is 0 Å². The molecule has 2 aromatic carbocycles. The molecule has 0 atom stereocenters. The van der Waals surface area contributed by atoms with Crippen LogP contribution in [-0.4, -0.2) is 28.2 Å². The van der Waals surface area contributed by atoms with Gasteiger partial charge in [0.2, 0.25) is 5.69 Å². The summed E-state index contributed by atoms with van der Waals surface area (Å²) in [6, 6.07) is 21.6. The molecule has 0 saturated carbocycles. The third kappa shape index (κ3) is 6.96. The average Bonchev–Trinajstić information content (AvgIpc) is 2.76. The van der Waals surface area contributed by atoms with Crippen molar-refractivity contribution in [3.63, 3.8) is 0 Å². The van der Waals surface area contributed by atoms with Crippen LogP contribution in [0.4, 0.5) is 11.4 Å². The van der Waals surface area contributed by atoms with Gasteiger partial charge < -0.3 is 33.8 Å². The Hall–Kier alpha value is -2.60. The number of benzene rings is 2. The summed E-state index contributed by atoms with van der Waals surface area (Å²) in [6.45, 7) is 3.11. The number of aromatic nitrogens is 1. The summed E-state index contributed by atoms with van der Waals surface area (Å²) in [5, 5.41) is 0. The van der Waals surface area contributed by atoms with Gasteiger partial charge in [0.05, 0.1) is 0 Å². The number of pyridine rings is 1. The quantitative estimate of drug-likeness (QED) is 0.347. The van der Waals surface area contributed by atoms with Gasteiger partial charge in [-0.25, -0.2) is 0 Å². The maximum absolute atomic E-state index is 2.26. The van der Waals surface area contributed by atoms with Crippen LogP contribution in [-0.2, 0) is 6.54 Å². The van der Waals surface area contributed by atoms with E-state index in [2.05, 4.69) is 141 Å². The smallest absolute Gasteiger partial charge is 0.205 e. The second-order valence-corrected chi connectivity index (χ2v) is 7.81. The molecule has 1 aromatic heterocycles. The van der Waals surface area contributed by atoms with Crippen LogP contribution in [0.2, 0.25) is 0 Å². The fourth-order valence-electron chi connectivity index (χ4n) is 3.24. The molecule has 0 aliphatic carbocycles. The largest absolute Gasteiger partial charge is 1.00 e. The van der Waals surface area contributed by atoms with Crippen molar-refractivity contribution in [3.8, 4) is 0 Å². The van der Waals surface area contributed by atoms with Crippen LogP contribution in [0.3, 0.4) is 0 Å². The molecular formula is C27H32IN3. The van der Waals surface area contributed by atoms with Crippen molar-refractivity contribution in [2.45, 2.75) is 13.5 Å². The molecule has 162 valence electrons. The maximum Gasteiger partial charge on any atom is 0.205 e. The predicted molar refractivity (Wildman–Crippen MR) is 132 cm³/mol. The van der Waals surface area contributed by atoms with E-state index in [9.17, 15) is 0 Å². The summed E-state index contributed by atoms with van der Waals surface area (Å²) in [6.07, 6.45) is 10.9. The Labute approximate surface area is 204 Å². The number of aryl methyl sites for hydroxylation is 1. The van der Waals surface area contributed by atoms with Crippen LogP contribution >= 0.6 is 0 Å². The van der Waals surface area contributed by atoms with E-state index in [1.165, 1.54) is 33.8 Å². The van der Waals surface area contributed by atoms with Gasteiger partial charge in [0.15, 0.2) is 6.20 Å². The molecule has 3 nitrogen and oxygen atoms in total. The van der Waals surface area contributed by atoms with E-state index in [-0.39, 0.29) is 24.0 Å². The predicted octanol–water partition coefficient (Wildman–Crippen LogP) is 2.47. The second kappa shape index (κ2) is 11.7. The average molecular weight is 525 g/mol. The lowest BCUT2D eigenvalue weighted by molar-refractivity contribution is -0.695. The highest BCUT2D eigenvalue weighted by molar-refractivity contribution is 5.73. The van der Waals surface area contributed by atoms with Gasteiger partial charge in [-0.1, -0.05) is 36.4 Å². The lowest BCUT2D eigenvalue weighted by Gasteiger charge is -2.11. The molecule has 0 spiro atoms. The van der Waals surface area contributed by atoms with Crippen molar-refractivity contribution >= 4 is 35.7 Å². The Balaban J connectivity index is 0.00000341. The Kier molecular flexibility index (Phi) is 9.31. The highest BCUT2D eigenvalue weighted by Gasteiger charge is 2.06. The molecule has 0 unspecified atom stereocenters. The molecule has 0 N–H and O–H groups in total. The fraction of sp³-hybridized carbons (Fsp3) is 0.222. The molecule has 0 aliphatic rings. The molecule has 0 amide bonds. The fourth-order valence-corrected chi connectivity index (χ4v) is 3.24. The standard InChI is InChI=1S/C27H32N3.HI/c1-6-30-20-19-24(8-7-22-9-14-25(15-10-22)28(2)3)21-27(30)18-13-23-11-16-26(17-12-23)29(4)5;/h7-21H,6H2,1-5H3;1H/q+1;/p-1. The summed E-state index contributed by atoms with van der Waals surface area (Å²) in [5.41, 5.74) is 7.21. The molecule has 31 heavy (non-hydrogen) atoms. The van der Waals surface area contributed by atoms with Crippen LogP contribution < -0.4 is 38.3 Å². The first-order valence-corrected chi connectivity index (χ1v) is 10.4. The van der Waals surface area contributed by atoms with Crippen molar-refractivity contribution in [2.75, 3.05) is 38.0 Å². The third-order valence-corrected chi connectivity index (χ3v) is 5.17. The number of hydrogen-bond donors (Lipinski definition) is 0. The van der Waals surface area contributed by atoms with E-state index in [1.54, 1.807) is 0 Å². The van der Waals surface area contributed by atoms with Crippen molar-refractivity contribution < 1.29 is 28.5 Å². The molecular weight excluding hydrogens is 493 g/mol. The maximum atomic E-state index is 2.26. The molecule has 0 aliphatic heterocycles. The van der Waals surface area contributed by atoms with E-state index in [0.717, 1.165) is 6.54 Å². The van der Waals surface area contributed by atoms with Crippen molar-refractivity contribution in [3.05, 3.63) is 89.2 Å². The zero-order valence-corrected chi connectivity index (χ0v) is 21.2. The normalized spacial score (nSPS) is 11.0. The number of hydrogen-bond acceptors (Lipinski definition) is 2. The van der Waals surface area contributed by atoms with E-state index >= 15 is 0 Å². The Morgan fingerprint density at radius 3 is 1.55 bits per heavy atom. The highest BCUT2D eigenvalue weighted by Crippen LogP contribution is 2.16. The first-order valence-electron chi connectivity index (χ1n) is 10.4. The van der Waals surface area contributed by atoms with Crippen LogP contribution in [0.15, 0.2) is 66.9 Å². The van der Waals surface area contributed by atoms with Gasteiger partial charge in [-0.05, 0) is 54.0 Å². The number of rotatable bonds is 7. The van der Waals surface area contributed by atoms with Crippen molar-refractivity contribution in [1.29, 1.82) is 0 Å². The highest BCUT2D eigenvalue weighted by atomic mass is 127. The van der Waals surface area contributed by atoms with Gasteiger partial charge in [0.25, 0.3) is 0 Å². The number of halogens is 1. The van der Waals surface area contributed by atoms with Gasteiger partial charge in [-0.2, -0.15) is 4.57 Å². The first-order chi connectivity index (χ1) is 14.5. The van der Waals surface area contributed by atoms with Crippen molar-refractivity contribution in [1.82, 2.24) is 0 Å². The third-order valence-electron chi connectivity index (χ3n) is 5.17. The zero-order chi connectivity index (χ0) is 21.5. The van der Waals surface area contributed by atoms with E-state index < -0.39 is 0 Å². The second-order valence-electron chi connectivity index (χ2n) is 7.81. The SMILES string of the molecule is CC[n+]1ccc(/C=C\c2ccc(N(C)C)cc2)cc1/C=C/c1ccc(N(C)C)cc1.[I-]. The molecule has 0 fully saturated rings. The summed E-state index contributed by atoms with van der Waals surface area (Å²) < 4.78 is 2.26. The van der Waals surface area contributed by atoms with Crippen LogP contribution in [0.5, 0.6) is 0 Å². The van der Waals surface area contributed by atoms with E-state index in [4.69, 9.17) is 0 Å².